The molecule has 1 aliphatic heterocycles. The highest BCUT2D eigenvalue weighted by Crippen LogP contribution is 2.43. The van der Waals surface area contributed by atoms with E-state index < -0.39 is 65.4 Å². The maximum absolute atomic E-state index is 13.5. The second-order valence-electron chi connectivity index (χ2n) is 12.9. The Hall–Kier alpha value is -3.49. The summed E-state index contributed by atoms with van der Waals surface area (Å²) in [6, 6.07) is 3.27. The zero-order chi connectivity index (χ0) is 36.3. The molecule has 1 saturated heterocycles. The molecule has 2 aromatic carbocycles. The molecule has 49 heavy (non-hydrogen) atoms. The van der Waals surface area contributed by atoms with Gasteiger partial charge in [0.15, 0.2) is 0 Å². The van der Waals surface area contributed by atoms with E-state index in [-0.39, 0.29) is 35.9 Å². The molecule has 1 saturated carbocycles. The molecular formula is C34H39F9N2O4. The van der Waals surface area contributed by atoms with Crippen LogP contribution in [0.4, 0.5) is 39.5 Å². The van der Waals surface area contributed by atoms with E-state index in [9.17, 15) is 49.1 Å². The van der Waals surface area contributed by atoms with E-state index in [2.05, 4.69) is 15.4 Å². The predicted octanol–water partition coefficient (Wildman–Crippen LogP) is 8.70. The summed E-state index contributed by atoms with van der Waals surface area (Å²) >= 11 is 0. The lowest BCUT2D eigenvalue weighted by Gasteiger charge is -2.30. The molecule has 1 amide bonds. The van der Waals surface area contributed by atoms with Gasteiger partial charge in [0.1, 0.15) is 5.75 Å². The van der Waals surface area contributed by atoms with Crippen LogP contribution in [0.5, 0.6) is 5.75 Å². The highest BCUT2D eigenvalue weighted by Gasteiger charge is 2.43. The van der Waals surface area contributed by atoms with Gasteiger partial charge in [-0.2, -0.15) is 26.3 Å². The minimum absolute atomic E-state index is 0.00435. The molecule has 2 unspecified atom stereocenters. The highest BCUT2D eigenvalue weighted by molar-refractivity contribution is 5.82. The molecule has 1 aliphatic carbocycles. The van der Waals surface area contributed by atoms with E-state index in [1.54, 1.807) is 13.8 Å². The third-order valence-electron chi connectivity index (χ3n) is 9.46. The first-order valence-electron chi connectivity index (χ1n) is 16.1. The Morgan fingerprint density at radius 2 is 1.51 bits per heavy atom. The van der Waals surface area contributed by atoms with E-state index in [1.165, 1.54) is 13.0 Å². The number of carbonyl (C=O) groups is 2. The van der Waals surface area contributed by atoms with Crippen LogP contribution in [0.3, 0.4) is 0 Å². The third-order valence-corrected chi connectivity index (χ3v) is 9.46. The average Bonchev–Trinajstić information content (AvgIpc) is 3.27. The lowest BCUT2D eigenvalue weighted by Crippen LogP contribution is -2.30. The van der Waals surface area contributed by atoms with Crippen LogP contribution in [0.25, 0.3) is 0 Å². The SMILES string of the molecule is CCOC(=O)CC1CCC(CNC(C)c2ccc(OC(F)(F)F)cc2CC2C(=O)N[C@@H](c3cc(C(F)(F)F)cc(C(F)(F)F)c3)[C@H]2C)CC1. The summed E-state index contributed by atoms with van der Waals surface area (Å²) in [4.78, 5) is 25.0. The summed E-state index contributed by atoms with van der Waals surface area (Å²) in [6.45, 7) is 5.95. The Morgan fingerprint density at radius 3 is 2.06 bits per heavy atom. The van der Waals surface area contributed by atoms with Crippen molar-refractivity contribution in [2.24, 2.45) is 23.7 Å². The van der Waals surface area contributed by atoms with Crippen LogP contribution in [-0.2, 0) is 33.1 Å². The average molecular weight is 711 g/mol. The largest absolute Gasteiger partial charge is 0.573 e. The molecule has 1 heterocycles. The molecule has 6 nitrogen and oxygen atoms in total. The Kier molecular flexibility index (Phi) is 11.9. The number of hydrogen-bond acceptors (Lipinski definition) is 5. The minimum Gasteiger partial charge on any atom is -0.466 e. The predicted molar refractivity (Wildman–Crippen MR) is 160 cm³/mol. The molecule has 2 aromatic rings. The second-order valence-corrected chi connectivity index (χ2v) is 12.9. The lowest BCUT2D eigenvalue weighted by atomic mass is 9.80. The molecule has 0 spiro atoms. The van der Waals surface area contributed by atoms with Crippen molar-refractivity contribution in [2.75, 3.05) is 13.2 Å². The van der Waals surface area contributed by atoms with E-state index >= 15 is 0 Å². The van der Waals surface area contributed by atoms with E-state index in [0.717, 1.165) is 37.8 Å². The zero-order valence-electron chi connectivity index (χ0n) is 27.1. The van der Waals surface area contributed by atoms with Crippen LogP contribution in [-0.4, -0.2) is 31.4 Å². The van der Waals surface area contributed by atoms with E-state index in [4.69, 9.17) is 4.74 Å². The number of hydrogen-bond donors (Lipinski definition) is 2. The summed E-state index contributed by atoms with van der Waals surface area (Å²) in [5.74, 6) is -2.71. The van der Waals surface area contributed by atoms with Gasteiger partial charge in [-0.3, -0.25) is 9.59 Å². The summed E-state index contributed by atoms with van der Waals surface area (Å²) in [5.41, 5.74) is -2.55. The first kappa shape index (κ1) is 38.3. The van der Waals surface area contributed by atoms with Gasteiger partial charge in [-0.1, -0.05) is 13.0 Å². The molecule has 0 bridgehead atoms. The van der Waals surface area contributed by atoms with Gasteiger partial charge in [0.2, 0.25) is 5.91 Å². The van der Waals surface area contributed by atoms with Crippen molar-refractivity contribution in [2.45, 2.75) is 90.1 Å². The van der Waals surface area contributed by atoms with E-state index in [1.807, 2.05) is 0 Å². The van der Waals surface area contributed by atoms with E-state index in [0.29, 0.717) is 42.8 Å². The summed E-state index contributed by atoms with van der Waals surface area (Å²) in [6.07, 6.45) is -11.5. The number of alkyl halides is 9. The first-order chi connectivity index (χ1) is 22.7. The van der Waals surface area contributed by atoms with Gasteiger partial charge in [0, 0.05) is 18.4 Å². The molecule has 272 valence electrons. The number of carbonyl (C=O) groups excluding carboxylic acids is 2. The molecule has 4 atom stereocenters. The summed E-state index contributed by atoms with van der Waals surface area (Å²) in [7, 11) is 0. The Labute approximate surface area is 278 Å². The molecule has 2 N–H and O–H groups in total. The highest BCUT2D eigenvalue weighted by atomic mass is 19.4. The van der Waals surface area contributed by atoms with Crippen molar-refractivity contribution in [3.05, 3.63) is 64.2 Å². The molecule has 2 aliphatic rings. The number of halogens is 9. The maximum Gasteiger partial charge on any atom is 0.573 e. The second kappa shape index (κ2) is 15.2. The van der Waals surface area contributed by atoms with Crippen LogP contribution in [0, 0.1) is 23.7 Å². The van der Waals surface area contributed by atoms with Crippen LogP contribution >= 0.6 is 0 Å². The minimum atomic E-state index is -5.08. The van der Waals surface area contributed by atoms with Crippen molar-refractivity contribution in [1.82, 2.24) is 10.6 Å². The molecule has 2 fully saturated rings. The normalized spacial score (nSPS) is 24.0. The standard InChI is InChI=1S/C34H39F9N2O4/c1-4-48-29(46)11-20-5-7-21(8-6-20)17-44-19(3)27-10-9-26(49-34(41,42)43)14-22(27)15-28-18(2)30(45-31(28)47)23-12-24(32(35,36)37)16-25(13-23)33(38,39)40/h9-10,12-14,16,18-21,28,30,44H,4-8,11,15,17H2,1-3H3,(H,45,47)/t18-,19?,20?,21?,28?,30+/m0/s1. The first-order valence-corrected chi connectivity index (χ1v) is 16.1. The van der Waals surface area contributed by atoms with Gasteiger partial charge in [-0.25, -0.2) is 0 Å². The van der Waals surface area contributed by atoms with Gasteiger partial charge in [0.25, 0.3) is 0 Å². The van der Waals surface area contributed by atoms with Gasteiger partial charge in [0.05, 0.1) is 23.8 Å². The maximum atomic E-state index is 13.5. The molecule has 15 heteroatoms. The zero-order valence-corrected chi connectivity index (χ0v) is 27.1. The van der Waals surface area contributed by atoms with Crippen LogP contribution in [0.2, 0.25) is 0 Å². The molecule has 0 radical (unpaired) electrons. The topological polar surface area (TPSA) is 76.7 Å². The molecule has 4 rings (SSSR count). The lowest BCUT2D eigenvalue weighted by molar-refractivity contribution is -0.274. The summed E-state index contributed by atoms with van der Waals surface area (Å²) < 4.78 is 130. The quantitative estimate of drug-likeness (QED) is 0.180. The van der Waals surface area contributed by atoms with Gasteiger partial charge >= 0.3 is 24.7 Å². The molecule has 0 aromatic heterocycles. The fraction of sp³-hybridized carbons (Fsp3) is 0.588. The number of benzene rings is 2. The smallest absolute Gasteiger partial charge is 0.466 e. The van der Waals surface area contributed by atoms with Gasteiger partial charge < -0.3 is 20.1 Å². The number of rotatable bonds is 11. The van der Waals surface area contributed by atoms with Crippen molar-refractivity contribution in [3.63, 3.8) is 0 Å². The third kappa shape index (κ3) is 10.3. The fourth-order valence-corrected chi connectivity index (χ4v) is 6.85. The Bertz CT molecular complexity index is 1430. The van der Waals surface area contributed by atoms with Crippen molar-refractivity contribution >= 4 is 11.9 Å². The van der Waals surface area contributed by atoms with Crippen LogP contribution in [0.15, 0.2) is 36.4 Å². The number of ether oxygens (including phenoxy) is 2. The number of nitrogens with one attached hydrogen (secondary N) is 2. The Balaban J connectivity index is 1.53. The van der Waals surface area contributed by atoms with Crippen molar-refractivity contribution < 1.29 is 58.6 Å². The fourth-order valence-electron chi connectivity index (χ4n) is 6.85. The van der Waals surface area contributed by atoms with Gasteiger partial charge in [-0.15, -0.1) is 13.2 Å². The number of esters is 1. The van der Waals surface area contributed by atoms with Crippen molar-refractivity contribution in [1.29, 1.82) is 0 Å². The number of amides is 1. The van der Waals surface area contributed by atoms with Gasteiger partial charge in [-0.05, 0) is 117 Å². The Morgan fingerprint density at radius 1 is 0.918 bits per heavy atom. The summed E-state index contributed by atoms with van der Waals surface area (Å²) in [5, 5.41) is 5.92. The van der Waals surface area contributed by atoms with Crippen LogP contribution in [0.1, 0.15) is 92.8 Å². The monoisotopic (exact) mass is 710 g/mol. The van der Waals surface area contributed by atoms with Crippen LogP contribution < -0.4 is 15.4 Å². The molecular weight excluding hydrogens is 671 g/mol. The van der Waals surface area contributed by atoms with Crippen molar-refractivity contribution in [3.8, 4) is 5.75 Å².